The maximum Gasteiger partial charge on any atom is 0.260 e. The molecule has 1 heterocycles. The zero-order valence-electron chi connectivity index (χ0n) is 15.7. The van der Waals surface area contributed by atoms with Crippen molar-refractivity contribution < 1.29 is 14.0 Å². The molecule has 26 heavy (non-hydrogen) atoms. The Kier molecular flexibility index (Phi) is 7.03. The van der Waals surface area contributed by atoms with Crippen molar-refractivity contribution >= 4 is 33.4 Å². The summed E-state index contributed by atoms with van der Waals surface area (Å²) in [6.45, 7) is 9.17. The molecule has 6 heteroatoms. The molecular weight excluding hydrogens is 396 g/mol. The van der Waals surface area contributed by atoms with Crippen LogP contribution in [0.5, 0.6) is 0 Å². The van der Waals surface area contributed by atoms with Gasteiger partial charge in [-0.1, -0.05) is 13.8 Å². The maximum absolute atomic E-state index is 12.6. The van der Waals surface area contributed by atoms with Crippen molar-refractivity contribution in [2.45, 2.75) is 40.5 Å². The third-order valence-electron chi connectivity index (χ3n) is 4.08. The predicted molar refractivity (Wildman–Crippen MR) is 107 cm³/mol. The lowest BCUT2D eigenvalue weighted by Gasteiger charge is -2.21. The number of benzene rings is 1. The molecule has 1 aromatic carbocycles. The van der Waals surface area contributed by atoms with Gasteiger partial charge in [0, 0.05) is 24.3 Å². The largest absolute Gasteiger partial charge is 0.465 e. The van der Waals surface area contributed by atoms with E-state index in [1.54, 1.807) is 38.1 Å². The predicted octanol–water partition coefficient (Wildman–Crippen LogP) is 5.17. The zero-order valence-corrected chi connectivity index (χ0v) is 17.3. The van der Waals surface area contributed by atoms with E-state index in [-0.39, 0.29) is 11.8 Å². The van der Waals surface area contributed by atoms with Crippen molar-refractivity contribution in [3.63, 3.8) is 0 Å². The van der Waals surface area contributed by atoms with E-state index >= 15 is 0 Å². The highest BCUT2D eigenvalue weighted by molar-refractivity contribution is 9.10. The molecule has 0 saturated carbocycles. The van der Waals surface area contributed by atoms with Gasteiger partial charge in [-0.15, -0.1) is 0 Å². The smallest absolute Gasteiger partial charge is 0.260 e. The van der Waals surface area contributed by atoms with Gasteiger partial charge in [0.1, 0.15) is 11.5 Å². The molecule has 0 unspecified atom stereocenters. The quantitative estimate of drug-likeness (QED) is 0.671. The fourth-order valence-corrected chi connectivity index (χ4v) is 3.38. The highest BCUT2D eigenvalue weighted by Crippen LogP contribution is 2.28. The molecule has 2 aromatic rings. The molecule has 0 radical (unpaired) electrons. The van der Waals surface area contributed by atoms with E-state index in [2.05, 4.69) is 35.1 Å². The third-order valence-corrected chi connectivity index (χ3v) is 5.03. The van der Waals surface area contributed by atoms with Gasteiger partial charge in [0.05, 0.1) is 10.0 Å². The molecule has 0 bridgehead atoms. The van der Waals surface area contributed by atoms with E-state index in [1.807, 2.05) is 4.90 Å². The number of carbonyl (C=O) groups is 2. The van der Waals surface area contributed by atoms with Crippen LogP contribution in [0.25, 0.3) is 0 Å². The molecule has 0 atom stereocenters. The number of nitrogens with zero attached hydrogens (tertiary/aromatic N) is 1. The topological polar surface area (TPSA) is 62.6 Å². The number of hydrogen-bond donors (Lipinski definition) is 1. The molecule has 0 spiro atoms. The summed E-state index contributed by atoms with van der Waals surface area (Å²) in [6, 6.07) is 6.99. The first kappa shape index (κ1) is 20.2. The number of nitrogens with one attached hydrogen (secondary N) is 1. The zero-order chi connectivity index (χ0) is 19.3. The first-order chi connectivity index (χ1) is 12.4. The molecule has 5 nitrogen and oxygen atoms in total. The van der Waals surface area contributed by atoms with Gasteiger partial charge in [0.15, 0.2) is 0 Å². The first-order valence-electron chi connectivity index (χ1n) is 8.85. The van der Waals surface area contributed by atoms with Crippen molar-refractivity contribution in [1.29, 1.82) is 0 Å². The summed E-state index contributed by atoms with van der Waals surface area (Å²) in [5.74, 6) is 1.01. The summed E-state index contributed by atoms with van der Waals surface area (Å²) in [6.07, 6.45) is 1.86. The number of aryl methyl sites for hydroxylation is 2. The van der Waals surface area contributed by atoms with Crippen LogP contribution in [0.3, 0.4) is 0 Å². The minimum atomic E-state index is -0.246. The number of hydrogen-bond acceptors (Lipinski definition) is 3. The second-order valence-electron chi connectivity index (χ2n) is 6.23. The van der Waals surface area contributed by atoms with Gasteiger partial charge < -0.3 is 14.6 Å². The number of amides is 2. The molecule has 0 aliphatic carbocycles. The Morgan fingerprint density at radius 2 is 1.62 bits per heavy atom. The molecule has 2 rings (SSSR count). The van der Waals surface area contributed by atoms with E-state index in [1.165, 1.54) is 0 Å². The highest BCUT2D eigenvalue weighted by atomic mass is 79.9. The van der Waals surface area contributed by atoms with Crippen molar-refractivity contribution in [3.8, 4) is 0 Å². The van der Waals surface area contributed by atoms with Crippen LogP contribution in [-0.2, 0) is 0 Å². The van der Waals surface area contributed by atoms with Gasteiger partial charge >= 0.3 is 0 Å². The number of rotatable bonds is 7. The van der Waals surface area contributed by atoms with Crippen LogP contribution in [0.4, 0.5) is 5.69 Å². The van der Waals surface area contributed by atoms with E-state index in [4.69, 9.17) is 4.42 Å². The summed E-state index contributed by atoms with van der Waals surface area (Å²) in [7, 11) is 0. The Morgan fingerprint density at radius 1 is 1.04 bits per heavy atom. The third kappa shape index (κ3) is 4.55. The van der Waals surface area contributed by atoms with Gasteiger partial charge in [0.25, 0.3) is 11.8 Å². The molecule has 2 amide bonds. The van der Waals surface area contributed by atoms with Crippen LogP contribution < -0.4 is 5.32 Å². The molecule has 0 aliphatic rings. The molecule has 1 aromatic heterocycles. The lowest BCUT2D eigenvalue weighted by molar-refractivity contribution is 0.0755. The number of furan rings is 1. The second kappa shape index (κ2) is 9.03. The van der Waals surface area contributed by atoms with E-state index in [0.717, 1.165) is 25.9 Å². The van der Waals surface area contributed by atoms with Crippen LogP contribution in [0.2, 0.25) is 0 Å². The highest BCUT2D eigenvalue weighted by Gasteiger charge is 2.20. The average molecular weight is 421 g/mol. The van der Waals surface area contributed by atoms with Crippen molar-refractivity contribution in [3.05, 3.63) is 51.4 Å². The molecule has 0 aliphatic heterocycles. The lowest BCUT2D eigenvalue weighted by atomic mass is 10.1. The first-order valence-corrected chi connectivity index (χ1v) is 9.64. The normalized spacial score (nSPS) is 10.7. The van der Waals surface area contributed by atoms with E-state index in [0.29, 0.717) is 32.8 Å². The fraction of sp³-hybridized carbons (Fsp3) is 0.400. The minimum Gasteiger partial charge on any atom is -0.465 e. The van der Waals surface area contributed by atoms with Crippen LogP contribution in [0.1, 0.15) is 58.9 Å². The monoisotopic (exact) mass is 420 g/mol. The standard InChI is InChI=1S/C20H25BrN2O3/c1-5-11-23(12-6-2)20(25)15-7-9-16(10-8-15)22-19(24)17-13(3)26-14(4)18(17)21/h7-10H,5-6,11-12H2,1-4H3,(H,22,24). The number of carbonyl (C=O) groups excluding carboxylic acids is 2. The van der Waals surface area contributed by atoms with Gasteiger partial charge in [-0.3, -0.25) is 9.59 Å². The summed E-state index contributed by atoms with van der Waals surface area (Å²) in [5, 5.41) is 2.85. The second-order valence-corrected chi connectivity index (χ2v) is 7.02. The average Bonchev–Trinajstić information content (AvgIpc) is 2.87. The van der Waals surface area contributed by atoms with Gasteiger partial charge in [-0.2, -0.15) is 0 Å². The van der Waals surface area contributed by atoms with E-state index < -0.39 is 0 Å². The Morgan fingerprint density at radius 3 is 2.08 bits per heavy atom. The minimum absolute atomic E-state index is 0.0237. The van der Waals surface area contributed by atoms with Gasteiger partial charge in [0.2, 0.25) is 0 Å². The van der Waals surface area contributed by atoms with Crippen LogP contribution in [0, 0.1) is 13.8 Å². The van der Waals surface area contributed by atoms with Crippen LogP contribution in [-0.4, -0.2) is 29.8 Å². The van der Waals surface area contributed by atoms with Crippen molar-refractivity contribution in [2.75, 3.05) is 18.4 Å². The summed E-state index contributed by atoms with van der Waals surface area (Å²) in [4.78, 5) is 26.9. The Labute approximate surface area is 162 Å². The number of halogens is 1. The van der Waals surface area contributed by atoms with Crippen LogP contribution >= 0.6 is 15.9 Å². The Bertz CT molecular complexity index is 775. The summed E-state index contributed by atoms with van der Waals surface area (Å²) >= 11 is 3.39. The Balaban J connectivity index is 2.11. The maximum atomic E-state index is 12.6. The summed E-state index contributed by atoms with van der Waals surface area (Å²) < 4.78 is 6.13. The summed E-state index contributed by atoms with van der Waals surface area (Å²) in [5.41, 5.74) is 1.75. The number of anilines is 1. The lowest BCUT2D eigenvalue weighted by Crippen LogP contribution is -2.32. The van der Waals surface area contributed by atoms with Gasteiger partial charge in [-0.05, 0) is 66.9 Å². The van der Waals surface area contributed by atoms with Crippen molar-refractivity contribution in [2.24, 2.45) is 0 Å². The van der Waals surface area contributed by atoms with Crippen LogP contribution in [0.15, 0.2) is 33.2 Å². The molecular formula is C20H25BrN2O3. The van der Waals surface area contributed by atoms with Gasteiger partial charge in [-0.25, -0.2) is 0 Å². The molecule has 0 fully saturated rings. The fourth-order valence-electron chi connectivity index (χ4n) is 2.84. The van der Waals surface area contributed by atoms with E-state index in [9.17, 15) is 9.59 Å². The van der Waals surface area contributed by atoms with Crippen molar-refractivity contribution in [1.82, 2.24) is 4.90 Å². The molecule has 1 N–H and O–H groups in total. The SMILES string of the molecule is CCCN(CCC)C(=O)c1ccc(NC(=O)c2c(C)oc(C)c2Br)cc1. The Hall–Kier alpha value is -2.08. The molecule has 0 saturated heterocycles. The molecule has 140 valence electrons.